The van der Waals surface area contributed by atoms with Gasteiger partial charge in [-0.15, -0.1) is 5.10 Å². The molecular formula is C98H126N16O29S3. The van der Waals surface area contributed by atoms with Gasteiger partial charge in [0.1, 0.15) is 77.4 Å². The second-order valence-corrected chi connectivity index (χ2v) is 39.3. The molecule has 7 rings (SSSR count). The fourth-order valence-electron chi connectivity index (χ4n) is 15.0. The van der Waals surface area contributed by atoms with Crippen molar-refractivity contribution < 1.29 is 141 Å². The molecule has 790 valence electrons. The number of aromatic nitrogens is 3. The average Bonchev–Trinajstić information content (AvgIpc) is 0.920. The van der Waals surface area contributed by atoms with Crippen molar-refractivity contribution in [3.05, 3.63) is 167 Å². The predicted molar refractivity (Wildman–Crippen MR) is 531 cm³/mol. The molecule has 5 aromatic carbocycles. The lowest BCUT2D eigenvalue weighted by Crippen LogP contribution is -2.60. The van der Waals surface area contributed by atoms with Gasteiger partial charge >= 0.3 is 23.9 Å². The lowest BCUT2D eigenvalue weighted by atomic mass is 9.94. The number of hydrogen-bond acceptors (Lipinski definition) is 30. The first-order chi connectivity index (χ1) is 69.3. The van der Waals surface area contributed by atoms with E-state index in [4.69, 9.17) is 4.74 Å². The molecule has 146 heavy (non-hydrogen) atoms. The van der Waals surface area contributed by atoms with Gasteiger partial charge in [0.25, 0.3) is 0 Å². The SMILES string of the molecule is CSCC[C@@H](NC(=O)[C@@H](Cc1ccc(O)cc1)NC(=O)[C@@H]1CSSC[C@H](CC(=O)[C@@H](Cc2ccc(O)cc2)NC(=O)CCCc2cn(CCOCCNC(=O)[C@H](CC(=O)O)NC(=O)[C@@H](CC(C)C)NC(=O)[C@H](Cc3ccc(O)cc3)NC(C)=O)nn2)C(=O)N[C@H](C(=O)O)C(=O)CCC(=O)N[C@@H](Cc2ccccc2)C(=O)N[C@H](Cc2ccc(O)cc2)C(=O)C[C@H](C)C(=O)N1)C(=O)N[C@H](CC(=O)O)C(=O)N[C@@H](C(=O)O)C(C)C. The second kappa shape index (κ2) is 60.3. The number of carbonyl (C=O) groups is 20. The van der Waals surface area contributed by atoms with E-state index in [9.17, 15) is 118 Å². The first kappa shape index (κ1) is 118. The van der Waals surface area contributed by atoms with Gasteiger partial charge in [-0.1, -0.05) is 140 Å². The molecule has 14 atom stereocenters. The van der Waals surface area contributed by atoms with Crippen molar-refractivity contribution >= 4 is 151 Å². The molecular weight excluding hydrogens is 1960 g/mol. The molecule has 1 aromatic heterocycles. The van der Waals surface area contributed by atoms with E-state index in [1.165, 1.54) is 129 Å². The molecule has 13 amide bonds. The minimum absolute atomic E-state index is 0.000770. The maximum absolute atomic E-state index is 15.4. The monoisotopic (exact) mass is 2090 g/mol. The Hall–Kier alpha value is -14.6. The molecule has 1 saturated heterocycles. The number of aromatic hydroxyl groups is 4. The highest BCUT2D eigenvalue weighted by atomic mass is 33.1. The lowest BCUT2D eigenvalue weighted by Gasteiger charge is -2.27. The summed E-state index contributed by atoms with van der Waals surface area (Å²) in [6, 6.07) is 10.8. The Morgan fingerprint density at radius 3 is 1.57 bits per heavy atom. The van der Waals surface area contributed by atoms with Crippen LogP contribution in [0, 0.1) is 23.7 Å². The molecule has 48 heteroatoms. The quantitative estimate of drug-likeness (QED) is 0.0144. The number of aryl methyl sites for hydroxylation is 1. The van der Waals surface area contributed by atoms with Gasteiger partial charge in [0.2, 0.25) is 76.8 Å². The number of Topliss-reactive ketones (excluding diaryl/α,β-unsaturated/α-hetero) is 3. The zero-order chi connectivity index (χ0) is 107. The smallest absolute Gasteiger partial charge is 0.334 e. The number of nitrogens with one attached hydrogen (secondary N) is 13. The molecule has 1 aliphatic rings. The fraction of sp³-hybridized carbons (Fsp3) is 0.469. The first-order valence-corrected chi connectivity index (χ1v) is 50.9. The van der Waals surface area contributed by atoms with Crippen LogP contribution < -0.4 is 69.1 Å². The first-order valence-electron chi connectivity index (χ1n) is 47.0. The summed E-state index contributed by atoms with van der Waals surface area (Å²) in [6.07, 6.45) is -3.30. The lowest BCUT2D eigenvalue weighted by molar-refractivity contribution is -0.147. The molecule has 2 heterocycles. The van der Waals surface area contributed by atoms with Gasteiger partial charge < -0.3 is 115 Å². The van der Waals surface area contributed by atoms with Gasteiger partial charge in [0, 0.05) is 88.5 Å². The number of hydrogen-bond donors (Lipinski definition) is 21. The van der Waals surface area contributed by atoms with Crippen molar-refractivity contribution in [2.45, 2.75) is 223 Å². The minimum atomic E-state index is -2.42. The highest BCUT2D eigenvalue weighted by molar-refractivity contribution is 8.76. The molecule has 0 spiro atoms. The largest absolute Gasteiger partial charge is 0.508 e. The van der Waals surface area contributed by atoms with Crippen LogP contribution in [0.15, 0.2) is 134 Å². The summed E-state index contributed by atoms with van der Waals surface area (Å²) in [4.78, 5) is 278. The van der Waals surface area contributed by atoms with E-state index in [-0.39, 0.29) is 124 Å². The maximum atomic E-state index is 15.4. The summed E-state index contributed by atoms with van der Waals surface area (Å²) < 4.78 is 7.13. The number of carboxylic acids is 4. The van der Waals surface area contributed by atoms with Crippen molar-refractivity contribution in [1.29, 1.82) is 0 Å². The molecule has 6 aromatic rings. The van der Waals surface area contributed by atoms with Crippen LogP contribution in [0.25, 0.3) is 0 Å². The number of ether oxygens (including phenoxy) is 1. The number of carbonyl (C=O) groups excluding carboxylic acids is 16. The van der Waals surface area contributed by atoms with Crippen LogP contribution in [0.2, 0.25) is 0 Å². The van der Waals surface area contributed by atoms with Crippen LogP contribution in [0.3, 0.4) is 0 Å². The Morgan fingerprint density at radius 1 is 0.521 bits per heavy atom. The summed E-state index contributed by atoms with van der Waals surface area (Å²) in [7, 11) is 1.52. The molecule has 21 N–H and O–H groups in total. The number of carboxylic acid groups (broad SMARTS) is 4. The Kier molecular flexibility index (Phi) is 48.9. The third-order valence-corrected chi connectivity index (χ3v) is 26.0. The highest BCUT2D eigenvalue weighted by Crippen LogP contribution is 2.29. The number of thioether (sulfide) groups is 1. The number of phenols is 4. The van der Waals surface area contributed by atoms with Crippen LogP contribution in [-0.2, 0) is 146 Å². The van der Waals surface area contributed by atoms with E-state index in [1.54, 1.807) is 68.8 Å². The molecule has 0 aliphatic carbocycles. The van der Waals surface area contributed by atoms with E-state index in [0.29, 0.717) is 27.9 Å². The third-order valence-electron chi connectivity index (χ3n) is 22.9. The van der Waals surface area contributed by atoms with E-state index >= 15 is 19.2 Å². The van der Waals surface area contributed by atoms with Gasteiger partial charge in [-0.3, -0.25) is 86.3 Å². The second-order valence-electron chi connectivity index (χ2n) is 35.8. The Balaban J connectivity index is 1.13. The van der Waals surface area contributed by atoms with Gasteiger partial charge in [-0.25, -0.2) is 14.3 Å². The summed E-state index contributed by atoms with van der Waals surface area (Å²) in [6.45, 7) is 8.82. The van der Waals surface area contributed by atoms with E-state index in [2.05, 4.69) is 79.4 Å². The zero-order valence-corrected chi connectivity index (χ0v) is 83.9. The molecule has 45 nitrogen and oxygen atoms in total. The molecule has 1 aliphatic heterocycles. The summed E-state index contributed by atoms with van der Waals surface area (Å²) in [5.74, 6) is -27.3. The maximum Gasteiger partial charge on any atom is 0.334 e. The van der Waals surface area contributed by atoms with Crippen LogP contribution in [0.4, 0.5) is 0 Å². The number of aliphatic carboxylic acids is 4. The normalized spacial score (nSPS) is 17.9. The number of phenolic OH excluding ortho intramolecular Hbond substituents is 4. The molecule has 0 radical (unpaired) electrons. The number of ketones is 3. The summed E-state index contributed by atoms with van der Waals surface area (Å²) >= 11 is 1.20. The average molecular weight is 2090 g/mol. The highest BCUT2D eigenvalue weighted by Gasteiger charge is 2.40. The minimum Gasteiger partial charge on any atom is -0.508 e. The van der Waals surface area contributed by atoms with Crippen LogP contribution in [-0.4, -0.2) is 290 Å². The van der Waals surface area contributed by atoms with E-state index in [1.807, 2.05) is 0 Å². The van der Waals surface area contributed by atoms with E-state index in [0.717, 1.165) is 21.6 Å². The Morgan fingerprint density at radius 2 is 1.03 bits per heavy atom. The fourth-order valence-corrected chi connectivity index (χ4v) is 18.0. The van der Waals surface area contributed by atoms with E-state index < -0.39 is 265 Å². The number of benzene rings is 5. The number of rotatable bonds is 50. The Labute approximate surface area is 852 Å². The molecule has 1 fully saturated rings. The molecule has 0 unspecified atom stereocenters. The topological polar surface area (TPSA) is 700 Å². The van der Waals surface area contributed by atoms with Crippen LogP contribution in [0.5, 0.6) is 23.0 Å². The van der Waals surface area contributed by atoms with Gasteiger partial charge in [-0.2, -0.15) is 11.8 Å². The predicted octanol–water partition coefficient (Wildman–Crippen LogP) is 1.10. The van der Waals surface area contributed by atoms with Gasteiger partial charge in [0.05, 0.1) is 56.3 Å². The van der Waals surface area contributed by atoms with Gasteiger partial charge in [-0.05, 0) is 139 Å². The van der Waals surface area contributed by atoms with Crippen LogP contribution >= 0.6 is 33.3 Å². The number of amides is 13. The standard InChI is InChI=1S/C98H126N16O29S3/c1-53(2)40-71(105-92(134)72(100-56(6)115)45-60-20-28-66(118)29-21-60)91(133)107-75(48-83(125)126)89(131)99-35-37-143-38-36-114-50-63(112-113-114)14-11-15-81(123)101-69(42-58-16-24-64(116)25-17-58)80(122)47-62-51-145-146-52-77(96(138)106-74(46-61-22-30-67(119)31-23-61)94(136)103-68(34-39-144-7)90(132)108-76(49-84(127)128)95(137)110-85(54(3)4)97(139)140)109-87(129)55(5)41-79(121)70(43-59-18-26-65(117)27-19-59)104-93(135)73(44-57-12-9-8-10-13-57)102-82(124)33-32-78(120)86(98(141)142)111-88(62)130/h8-10,12-13,16-31,50,53-55,62,68-77,85-86,116-119H,11,14-15,32-49,51-52H2,1-7H3,(H,99,131)(H,100,115)(H,101,123)(H,102,124)(H,103,136)(H,104,135)(H,105,134)(H,106,138)(H,107,133)(H,108,132)(H,109,129)(H,110,137)(H,111,130)(H,125,126)(H,127,128)(H,139,140)(H,141,142)/t55-,62-,68+,69+,70+,71+,72-,73-,74+,75-,76+,77-,85+,86-/m0/s1. The van der Waals surface area contributed by atoms with Crippen molar-refractivity contribution in [2.75, 3.05) is 43.3 Å². The Bertz CT molecular complexity index is 5510. The number of nitrogens with zero attached hydrogens (tertiary/aromatic N) is 3. The van der Waals surface area contributed by atoms with Gasteiger partial charge in [0.15, 0.2) is 23.4 Å². The summed E-state index contributed by atoms with van der Waals surface area (Å²) in [5, 5.41) is 122. The third kappa shape index (κ3) is 42.0. The summed E-state index contributed by atoms with van der Waals surface area (Å²) in [5.41, 5.74) is 2.50. The van der Waals surface area contributed by atoms with Crippen molar-refractivity contribution in [3.8, 4) is 23.0 Å². The van der Waals surface area contributed by atoms with Crippen LogP contribution in [0.1, 0.15) is 139 Å². The molecule has 0 saturated carbocycles. The van der Waals surface area contributed by atoms with Crippen molar-refractivity contribution in [2.24, 2.45) is 23.7 Å². The van der Waals surface area contributed by atoms with Crippen molar-refractivity contribution in [1.82, 2.24) is 84.1 Å². The molecule has 0 bridgehead atoms. The van der Waals surface area contributed by atoms with Crippen molar-refractivity contribution in [3.63, 3.8) is 0 Å². The zero-order valence-electron chi connectivity index (χ0n) is 81.4.